The Labute approximate surface area is 164 Å². The van der Waals surface area contributed by atoms with Gasteiger partial charge in [-0.2, -0.15) is 5.26 Å². The molecule has 2 N–H and O–H groups in total. The summed E-state index contributed by atoms with van der Waals surface area (Å²) in [5, 5.41) is 11.8. The van der Waals surface area contributed by atoms with Gasteiger partial charge in [0.1, 0.15) is 23.4 Å². The van der Waals surface area contributed by atoms with Crippen molar-refractivity contribution in [3.63, 3.8) is 0 Å². The molecule has 1 aliphatic heterocycles. The molecule has 29 heavy (non-hydrogen) atoms. The number of aromatic nitrogens is 2. The number of allylic oxidation sites excluding steroid dienone is 1. The molecule has 0 saturated carbocycles. The van der Waals surface area contributed by atoms with Crippen molar-refractivity contribution in [2.24, 2.45) is 0 Å². The first-order valence-electron chi connectivity index (χ1n) is 8.79. The summed E-state index contributed by atoms with van der Waals surface area (Å²) in [5.41, 5.74) is 3.28. The fourth-order valence-corrected chi connectivity index (χ4v) is 3.28. The number of nitriles is 1. The Balaban J connectivity index is 1.49. The Kier molecular flexibility index (Phi) is 3.64. The van der Waals surface area contributed by atoms with Crippen LogP contribution in [0, 0.1) is 11.3 Å². The van der Waals surface area contributed by atoms with Gasteiger partial charge in [0, 0.05) is 11.6 Å². The maximum Gasteiger partial charge on any atom is 0.258 e. The third-order valence-electron chi connectivity index (χ3n) is 4.70. The third-order valence-corrected chi connectivity index (χ3v) is 4.70. The lowest BCUT2D eigenvalue weighted by Gasteiger charge is -1.99. The van der Waals surface area contributed by atoms with Crippen molar-refractivity contribution in [1.82, 2.24) is 15.3 Å². The van der Waals surface area contributed by atoms with Gasteiger partial charge in [-0.15, -0.1) is 0 Å². The fraction of sp³-hybridized carbons (Fsp3) is 0. The van der Waals surface area contributed by atoms with E-state index in [4.69, 9.17) is 4.42 Å². The van der Waals surface area contributed by atoms with Crippen LogP contribution in [0.4, 0.5) is 0 Å². The molecule has 0 spiro atoms. The Hall–Kier alpha value is -4.44. The summed E-state index contributed by atoms with van der Waals surface area (Å²) in [5.74, 6) is 0.629. The highest BCUT2D eigenvalue weighted by molar-refractivity contribution is 6.21. The van der Waals surface area contributed by atoms with Crippen LogP contribution >= 0.6 is 0 Å². The second-order valence-electron chi connectivity index (χ2n) is 6.52. The van der Waals surface area contributed by atoms with Crippen LogP contribution in [0.2, 0.25) is 0 Å². The summed E-state index contributed by atoms with van der Waals surface area (Å²) in [6.07, 6.45) is 1.60. The maximum absolute atomic E-state index is 11.9. The predicted octanol–water partition coefficient (Wildman–Crippen LogP) is 3.77. The molecule has 0 unspecified atom stereocenters. The molecule has 0 aliphatic carbocycles. The molecule has 2 amide bonds. The summed E-state index contributed by atoms with van der Waals surface area (Å²) in [4.78, 5) is 31.1. The topological polar surface area (TPSA) is 112 Å². The van der Waals surface area contributed by atoms with Gasteiger partial charge >= 0.3 is 0 Å². The van der Waals surface area contributed by atoms with Crippen LogP contribution in [0.25, 0.3) is 34.0 Å². The number of carbonyl (C=O) groups excluding carboxylic acids is 2. The Morgan fingerprint density at radius 1 is 1.03 bits per heavy atom. The van der Waals surface area contributed by atoms with Crippen molar-refractivity contribution in [1.29, 1.82) is 5.26 Å². The summed E-state index contributed by atoms with van der Waals surface area (Å²) in [7, 11) is 0. The molecule has 0 saturated heterocycles. The number of carbonyl (C=O) groups is 2. The van der Waals surface area contributed by atoms with E-state index in [0.29, 0.717) is 39.6 Å². The van der Waals surface area contributed by atoms with E-state index in [2.05, 4.69) is 21.4 Å². The van der Waals surface area contributed by atoms with E-state index < -0.39 is 11.8 Å². The van der Waals surface area contributed by atoms with Gasteiger partial charge in [-0.3, -0.25) is 14.9 Å². The van der Waals surface area contributed by atoms with Crippen LogP contribution in [0.1, 0.15) is 32.3 Å². The molecule has 138 valence electrons. The van der Waals surface area contributed by atoms with E-state index >= 15 is 0 Å². The first-order chi connectivity index (χ1) is 14.1. The summed E-state index contributed by atoms with van der Waals surface area (Å²) in [6, 6.07) is 18.1. The van der Waals surface area contributed by atoms with Crippen molar-refractivity contribution < 1.29 is 14.0 Å². The quantitative estimate of drug-likeness (QED) is 0.415. The monoisotopic (exact) mass is 380 g/mol. The SMILES string of the molecule is N#C/C(=C\c1ccc(-c2ccc3c(c2)C(=O)NC3=O)o1)c1nc2ccccc2[nH]1. The first-order valence-corrected chi connectivity index (χ1v) is 8.79. The van der Waals surface area contributed by atoms with Gasteiger partial charge in [0.25, 0.3) is 11.8 Å². The first kappa shape index (κ1) is 16.7. The van der Waals surface area contributed by atoms with Gasteiger partial charge in [0.15, 0.2) is 0 Å². The molecule has 7 heteroatoms. The highest BCUT2D eigenvalue weighted by atomic mass is 16.3. The molecule has 2 aromatic heterocycles. The second kappa shape index (κ2) is 6.32. The molecular formula is C22H12N4O3. The van der Waals surface area contributed by atoms with Gasteiger partial charge in [0.05, 0.1) is 27.7 Å². The number of aromatic amines is 1. The second-order valence-corrected chi connectivity index (χ2v) is 6.52. The molecule has 0 bridgehead atoms. The van der Waals surface area contributed by atoms with Gasteiger partial charge in [-0.05, 0) is 36.4 Å². The van der Waals surface area contributed by atoms with E-state index in [9.17, 15) is 14.9 Å². The van der Waals surface area contributed by atoms with Crippen molar-refractivity contribution in [2.45, 2.75) is 0 Å². The molecule has 0 fully saturated rings. The number of fused-ring (bicyclic) bond motifs is 2. The Bertz CT molecular complexity index is 1350. The van der Waals surface area contributed by atoms with Crippen LogP contribution in [0.15, 0.2) is 59.0 Å². The van der Waals surface area contributed by atoms with Gasteiger partial charge in [0.2, 0.25) is 0 Å². The van der Waals surface area contributed by atoms with Crippen LogP contribution in [0.3, 0.4) is 0 Å². The molecule has 4 aromatic rings. The zero-order valence-corrected chi connectivity index (χ0v) is 14.9. The number of hydrogen-bond acceptors (Lipinski definition) is 5. The van der Waals surface area contributed by atoms with Crippen molar-refractivity contribution in [3.8, 4) is 17.4 Å². The molecule has 0 atom stereocenters. The number of hydrogen-bond donors (Lipinski definition) is 2. The maximum atomic E-state index is 11.9. The number of para-hydroxylation sites is 2. The van der Waals surface area contributed by atoms with E-state index in [1.807, 2.05) is 24.3 Å². The molecular weight excluding hydrogens is 368 g/mol. The van der Waals surface area contributed by atoms with Crippen molar-refractivity contribution in [2.75, 3.05) is 0 Å². The minimum Gasteiger partial charge on any atom is -0.457 e. The highest BCUT2D eigenvalue weighted by Crippen LogP contribution is 2.28. The van der Waals surface area contributed by atoms with E-state index in [1.165, 1.54) is 0 Å². The van der Waals surface area contributed by atoms with Gasteiger partial charge in [-0.1, -0.05) is 18.2 Å². The predicted molar refractivity (Wildman–Crippen MR) is 106 cm³/mol. The number of imide groups is 1. The molecule has 7 nitrogen and oxygen atoms in total. The lowest BCUT2D eigenvalue weighted by Crippen LogP contribution is -2.19. The highest BCUT2D eigenvalue weighted by Gasteiger charge is 2.27. The minimum atomic E-state index is -0.421. The molecule has 3 heterocycles. The van der Waals surface area contributed by atoms with Gasteiger partial charge in [-0.25, -0.2) is 4.98 Å². The van der Waals surface area contributed by atoms with E-state index in [0.717, 1.165) is 11.0 Å². The molecule has 2 aromatic carbocycles. The zero-order valence-electron chi connectivity index (χ0n) is 14.9. The molecule has 0 radical (unpaired) electrons. The number of imidazole rings is 1. The largest absolute Gasteiger partial charge is 0.457 e. The number of rotatable bonds is 3. The van der Waals surface area contributed by atoms with E-state index in [-0.39, 0.29) is 0 Å². The summed E-state index contributed by atoms with van der Waals surface area (Å²) >= 11 is 0. The number of nitrogens with zero attached hydrogens (tertiary/aromatic N) is 2. The fourth-order valence-electron chi connectivity index (χ4n) is 3.28. The number of H-pyrrole nitrogens is 1. The van der Waals surface area contributed by atoms with Gasteiger partial charge < -0.3 is 9.40 Å². The normalized spacial score (nSPS) is 13.4. The average Bonchev–Trinajstić information content (AvgIpc) is 3.44. The molecule has 5 rings (SSSR count). The minimum absolute atomic E-state index is 0.320. The van der Waals surface area contributed by atoms with Crippen molar-refractivity contribution >= 4 is 34.5 Å². The number of amides is 2. The van der Waals surface area contributed by atoms with Crippen LogP contribution < -0.4 is 5.32 Å². The number of nitrogens with one attached hydrogen (secondary N) is 2. The summed E-state index contributed by atoms with van der Waals surface area (Å²) < 4.78 is 5.83. The lowest BCUT2D eigenvalue weighted by atomic mass is 10.0. The molecule has 1 aliphatic rings. The number of furan rings is 1. The zero-order chi connectivity index (χ0) is 20.0. The average molecular weight is 380 g/mol. The van der Waals surface area contributed by atoms with Crippen LogP contribution in [-0.4, -0.2) is 21.8 Å². The lowest BCUT2D eigenvalue weighted by molar-refractivity contribution is 0.0879. The Morgan fingerprint density at radius 3 is 2.69 bits per heavy atom. The van der Waals surface area contributed by atoms with Crippen LogP contribution in [0.5, 0.6) is 0 Å². The van der Waals surface area contributed by atoms with Crippen molar-refractivity contribution in [3.05, 3.63) is 77.3 Å². The number of benzene rings is 2. The summed E-state index contributed by atoms with van der Waals surface area (Å²) in [6.45, 7) is 0. The van der Waals surface area contributed by atoms with Crippen LogP contribution in [-0.2, 0) is 0 Å². The third kappa shape index (κ3) is 2.80. The smallest absolute Gasteiger partial charge is 0.258 e. The standard InChI is InChI=1S/C22H12N4O3/c23-11-13(20-24-17-3-1-2-4-18(17)25-20)9-14-6-8-19(29-14)12-5-7-15-16(10-12)22(28)26-21(15)27/h1-10H,(H,24,25)(H,26,27,28)/b13-9+. The van der Waals surface area contributed by atoms with E-state index in [1.54, 1.807) is 36.4 Å². The Morgan fingerprint density at radius 2 is 1.86 bits per heavy atom.